The van der Waals surface area contributed by atoms with Crippen molar-refractivity contribution >= 4 is 11.8 Å². The Morgan fingerprint density at radius 1 is 1.61 bits per heavy atom. The first-order valence-corrected chi connectivity index (χ1v) is 5.09. The van der Waals surface area contributed by atoms with Gasteiger partial charge in [0.1, 0.15) is 17.9 Å². The molecule has 7 heteroatoms. The van der Waals surface area contributed by atoms with Crippen LogP contribution in [-0.2, 0) is 4.79 Å². The number of aryl methyl sites for hydroxylation is 1. The van der Waals surface area contributed by atoms with E-state index in [1.807, 2.05) is 6.07 Å². The van der Waals surface area contributed by atoms with E-state index in [1.165, 1.54) is 12.1 Å². The number of pyridine rings is 1. The number of amides is 2. The summed E-state index contributed by atoms with van der Waals surface area (Å²) in [6, 6.07) is 4.79. The third-order valence-corrected chi connectivity index (χ3v) is 2.22. The molecule has 0 aliphatic rings. The third-order valence-electron chi connectivity index (χ3n) is 2.22. The van der Waals surface area contributed by atoms with Crippen molar-refractivity contribution in [2.75, 3.05) is 6.54 Å². The number of nitrogens with zero attached hydrogens (tertiary/aromatic N) is 2. The van der Waals surface area contributed by atoms with Crippen LogP contribution in [0.4, 0.5) is 0 Å². The highest BCUT2D eigenvalue weighted by Crippen LogP contribution is 2.05. The summed E-state index contributed by atoms with van der Waals surface area (Å²) in [6.45, 7) is 1.32. The Morgan fingerprint density at radius 3 is 2.78 bits per heavy atom. The lowest BCUT2D eigenvalue weighted by Gasteiger charge is -2.08. The molecule has 94 valence electrons. The van der Waals surface area contributed by atoms with E-state index in [0.29, 0.717) is 11.3 Å². The summed E-state index contributed by atoms with van der Waals surface area (Å²) in [5, 5.41) is 20.1. The molecule has 0 saturated carbocycles. The second kappa shape index (κ2) is 5.75. The van der Waals surface area contributed by atoms with Crippen LogP contribution in [0.25, 0.3) is 0 Å². The molecule has 2 amide bonds. The van der Waals surface area contributed by atoms with Crippen molar-refractivity contribution in [3.63, 3.8) is 0 Å². The van der Waals surface area contributed by atoms with Crippen LogP contribution >= 0.6 is 0 Å². The van der Waals surface area contributed by atoms with E-state index in [0.717, 1.165) is 0 Å². The average Bonchev–Trinajstić information content (AvgIpc) is 2.35. The Bertz CT molecular complexity index is 522. The molecule has 1 atom stereocenters. The Labute approximate surface area is 103 Å². The summed E-state index contributed by atoms with van der Waals surface area (Å²) in [5.41, 5.74) is 5.74. The summed E-state index contributed by atoms with van der Waals surface area (Å²) < 4.78 is 0. The van der Waals surface area contributed by atoms with Crippen molar-refractivity contribution in [1.82, 2.24) is 10.3 Å². The molecular formula is C11H12N4O3. The van der Waals surface area contributed by atoms with Crippen molar-refractivity contribution < 1.29 is 14.7 Å². The Morgan fingerprint density at radius 2 is 2.28 bits per heavy atom. The number of hydrogen-bond donors (Lipinski definition) is 3. The highest BCUT2D eigenvalue weighted by Gasteiger charge is 2.14. The van der Waals surface area contributed by atoms with E-state index < -0.39 is 17.9 Å². The van der Waals surface area contributed by atoms with Crippen LogP contribution in [0.3, 0.4) is 0 Å². The molecule has 0 saturated heterocycles. The summed E-state index contributed by atoms with van der Waals surface area (Å²) >= 11 is 0. The quantitative estimate of drug-likeness (QED) is 0.618. The molecule has 4 N–H and O–H groups in total. The largest absolute Gasteiger partial charge is 0.381 e. The number of nitriles is 1. The van der Waals surface area contributed by atoms with Crippen LogP contribution in [0.5, 0.6) is 0 Å². The monoisotopic (exact) mass is 248 g/mol. The summed E-state index contributed by atoms with van der Waals surface area (Å²) in [5.74, 6) is -1.47. The number of aliphatic hydroxyl groups excluding tert-OH is 1. The zero-order valence-corrected chi connectivity index (χ0v) is 9.67. The molecule has 0 bridgehead atoms. The minimum atomic E-state index is -1.44. The van der Waals surface area contributed by atoms with E-state index in [-0.39, 0.29) is 12.2 Å². The minimum absolute atomic E-state index is 0.100. The predicted octanol–water partition coefficient (Wildman–Crippen LogP) is -1.16. The maximum atomic E-state index is 11.6. The summed E-state index contributed by atoms with van der Waals surface area (Å²) in [4.78, 5) is 26.1. The second-order valence-corrected chi connectivity index (χ2v) is 3.57. The van der Waals surface area contributed by atoms with Crippen molar-refractivity contribution in [2.45, 2.75) is 13.0 Å². The number of carbonyl (C=O) groups is 2. The van der Waals surface area contributed by atoms with E-state index in [4.69, 9.17) is 16.1 Å². The van der Waals surface area contributed by atoms with Gasteiger partial charge in [0.25, 0.3) is 5.91 Å². The lowest BCUT2D eigenvalue weighted by Crippen LogP contribution is -2.40. The topological polar surface area (TPSA) is 129 Å². The SMILES string of the molecule is Cc1nc(C(=O)NCC(O)C(N)=O)ccc1C#N. The first-order chi connectivity index (χ1) is 8.45. The van der Waals surface area contributed by atoms with Crippen LogP contribution in [0.2, 0.25) is 0 Å². The molecule has 18 heavy (non-hydrogen) atoms. The van der Waals surface area contributed by atoms with Gasteiger partial charge in [-0.3, -0.25) is 9.59 Å². The van der Waals surface area contributed by atoms with E-state index in [2.05, 4.69) is 10.3 Å². The highest BCUT2D eigenvalue weighted by atomic mass is 16.3. The van der Waals surface area contributed by atoms with Crippen LogP contribution in [0, 0.1) is 18.3 Å². The molecule has 0 radical (unpaired) electrons. The van der Waals surface area contributed by atoms with Crippen LogP contribution in [-0.4, -0.2) is 34.6 Å². The van der Waals surface area contributed by atoms with E-state index in [1.54, 1.807) is 6.92 Å². The van der Waals surface area contributed by atoms with Gasteiger partial charge in [-0.25, -0.2) is 4.98 Å². The minimum Gasteiger partial charge on any atom is -0.381 e. The van der Waals surface area contributed by atoms with Gasteiger partial charge in [-0.05, 0) is 19.1 Å². The zero-order chi connectivity index (χ0) is 13.7. The number of nitrogens with two attached hydrogens (primary N) is 1. The Hall–Kier alpha value is -2.46. The lowest BCUT2D eigenvalue weighted by atomic mass is 10.2. The highest BCUT2D eigenvalue weighted by molar-refractivity contribution is 5.92. The van der Waals surface area contributed by atoms with Gasteiger partial charge in [-0.15, -0.1) is 0 Å². The molecule has 1 unspecified atom stereocenters. The number of nitrogens with one attached hydrogen (secondary N) is 1. The van der Waals surface area contributed by atoms with Gasteiger partial charge in [-0.1, -0.05) is 0 Å². The summed E-state index contributed by atoms with van der Waals surface area (Å²) in [6.07, 6.45) is -1.44. The fraction of sp³-hybridized carbons (Fsp3) is 0.273. The van der Waals surface area contributed by atoms with Crippen LogP contribution in [0.15, 0.2) is 12.1 Å². The normalized spacial score (nSPS) is 11.4. The van der Waals surface area contributed by atoms with E-state index >= 15 is 0 Å². The van der Waals surface area contributed by atoms with Gasteiger partial charge < -0.3 is 16.2 Å². The van der Waals surface area contributed by atoms with Gasteiger partial charge in [0.15, 0.2) is 0 Å². The third kappa shape index (κ3) is 3.26. The molecule has 1 aromatic rings. The first-order valence-electron chi connectivity index (χ1n) is 5.09. The molecule has 7 nitrogen and oxygen atoms in total. The molecule has 0 aliphatic carbocycles. The van der Waals surface area contributed by atoms with Gasteiger partial charge in [0, 0.05) is 0 Å². The predicted molar refractivity (Wildman–Crippen MR) is 61.2 cm³/mol. The fourth-order valence-corrected chi connectivity index (χ4v) is 1.19. The molecular weight excluding hydrogens is 236 g/mol. The molecule has 0 fully saturated rings. The van der Waals surface area contributed by atoms with Gasteiger partial charge in [-0.2, -0.15) is 5.26 Å². The van der Waals surface area contributed by atoms with Crippen molar-refractivity contribution in [2.24, 2.45) is 5.73 Å². The Balaban J connectivity index is 2.71. The molecule has 1 rings (SSSR count). The number of aliphatic hydroxyl groups is 1. The lowest BCUT2D eigenvalue weighted by molar-refractivity contribution is -0.125. The average molecular weight is 248 g/mol. The first kappa shape index (κ1) is 13.6. The molecule has 1 heterocycles. The van der Waals surface area contributed by atoms with Crippen molar-refractivity contribution in [1.29, 1.82) is 5.26 Å². The van der Waals surface area contributed by atoms with E-state index in [9.17, 15) is 9.59 Å². The number of carbonyl (C=O) groups excluding carboxylic acids is 2. The summed E-state index contributed by atoms with van der Waals surface area (Å²) in [7, 11) is 0. The number of primary amides is 1. The number of aromatic nitrogens is 1. The number of rotatable bonds is 4. The van der Waals surface area contributed by atoms with Crippen LogP contribution < -0.4 is 11.1 Å². The van der Waals surface area contributed by atoms with Crippen molar-refractivity contribution in [3.05, 3.63) is 29.1 Å². The Kier molecular flexibility index (Phi) is 4.34. The second-order valence-electron chi connectivity index (χ2n) is 3.57. The van der Waals surface area contributed by atoms with Crippen LogP contribution in [0.1, 0.15) is 21.7 Å². The number of hydrogen-bond acceptors (Lipinski definition) is 5. The van der Waals surface area contributed by atoms with Gasteiger partial charge in [0.05, 0.1) is 17.8 Å². The van der Waals surface area contributed by atoms with Gasteiger partial charge >= 0.3 is 0 Å². The maximum absolute atomic E-state index is 11.6. The molecule has 0 aromatic carbocycles. The molecule has 1 aromatic heterocycles. The fourth-order valence-electron chi connectivity index (χ4n) is 1.19. The molecule has 0 aliphatic heterocycles. The standard InChI is InChI=1S/C11H12N4O3/c1-6-7(4-12)2-3-8(15-6)11(18)14-5-9(16)10(13)17/h2-3,9,16H,5H2,1H3,(H2,13,17)(H,14,18). The van der Waals surface area contributed by atoms with Crippen molar-refractivity contribution in [3.8, 4) is 6.07 Å². The molecule has 0 spiro atoms. The zero-order valence-electron chi connectivity index (χ0n) is 9.67. The van der Waals surface area contributed by atoms with Gasteiger partial charge in [0.2, 0.25) is 5.91 Å². The smallest absolute Gasteiger partial charge is 0.269 e. The maximum Gasteiger partial charge on any atom is 0.269 e.